The third kappa shape index (κ3) is 6.12. The second kappa shape index (κ2) is 12.6. The van der Waals surface area contributed by atoms with Crippen LogP contribution in [0, 0.1) is 0 Å². The van der Waals surface area contributed by atoms with Gasteiger partial charge in [0.05, 0.1) is 0 Å². The summed E-state index contributed by atoms with van der Waals surface area (Å²) in [6, 6.07) is 0. The Bertz CT molecular complexity index is 936. The molecule has 0 aliphatic carbocycles. The molecule has 0 aliphatic rings. The van der Waals surface area contributed by atoms with Crippen molar-refractivity contribution in [3.8, 4) is 11.5 Å². The maximum absolute atomic E-state index is 12.7. The molecular weight excluding hydrogens is 1130 g/mol. The van der Waals surface area contributed by atoms with Gasteiger partial charge in [-0.3, -0.25) is 0 Å². The zero-order valence-corrected chi connectivity index (χ0v) is 33.4. The number of hydrogen-bond acceptors (Lipinski definition) is 6. The van der Waals surface area contributed by atoms with Crippen molar-refractivity contribution in [1.29, 1.82) is 0 Å². The van der Waals surface area contributed by atoms with Crippen LogP contribution in [0.15, 0.2) is 35.8 Å². The molecule has 0 amide bonds. The van der Waals surface area contributed by atoms with Gasteiger partial charge < -0.3 is 0 Å². The van der Waals surface area contributed by atoms with Gasteiger partial charge in [0.1, 0.15) is 0 Å². The number of ether oxygens (including phenoxy) is 2. The zero-order valence-electron chi connectivity index (χ0n) is 15.2. The molecule has 0 bridgehead atoms. The summed E-state index contributed by atoms with van der Waals surface area (Å²) in [4.78, 5) is 25.4. The predicted octanol–water partition coefficient (Wildman–Crippen LogP) is 8.73. The quantitative estimate of drug-likeness (QED) is 0.213. The van der Waals surface area contributed by atoms with Crippen LogP contribution < -0.4 is 9.47 Å². The minimum absolute atomic E-state index is 0.230. The molecule has 0 atom stereocenters. The van der Waals surface area contributed by atoms with Gasteiger partial charge in [0.25, 0.3) is 0 Å². The first-order valence-corrected chi connectivity index (χ1v) is 18.5. The van der Waals surface area contributed by atoms with Gasteiger partial charge in [0, 0.05) is 0 Å². The van der Waals surface area contributed by atoms with E-state index >= 15 is 0 Å². The van der Waals surface area contributed by atoms with Gasteiger partial charge in [0.2, 0.25) is 0 Å². The standard InChI is InChI=1S/2C8H4Br4O3.Hg/c2*1-15-7-5(11)3(9)2(8(13)14)4(10)6(7)12;/h2*1H3,(H,13,14);/q;;+2/p-2. The average Bonchev–Trinajstić information content (AvgIpc) is 2.72. The Morgan fingerprint density at radius 1 is 0.548 bits per heavy atom. The molecule has 0 saturated carbocycles. The van der Waals surface area contributed by atoms with Gasteiger partial charge in [-0.1, -0.05) is 0 Å². The topological polar surface area (TPSA) is 71.1 Å². The van der Waals surface area contributed by atoms with Gasteiger partial charge in [-0.2, -0.15) is 0 Å². The molecule has 0 radical (unpaired) electrons. The van der Waals surface area contributed by atoms with Crippen LogP contribution in [0.4, 0.5) is 0 Å². The van der Waals surface area contributed by atoms with Crippen molar-refractivity contribution in [2.45, 2.75) is 0 Å². The minimum atomic E-state index is -2.86. The van der Waals surface area contributed by atoms with E-state index in [1.807, 2.05) is 0 Å². The summed E-state index contributed by atoms with van der Waals surface area (Å²) in [5, 5.41) is 0. The molecule has 0 fully saturated rings. The molecule has 164 valence electrons. The molecule has 0 aliphatic heterocycles. The van der Waals surface area contributed by atoms with Crippen molar-refractivity contribution in [2.75, 3.05) is 14.2 Å². The molecule has 2 rings (SSSR count). The van der Waals surface area contributed by atoms with E-state index in [2.05, 4.69) is 127 Å². The van der Waals surface area contributed by atoms with Crippen LogP contribution in [0.2, 0.25) is 0 Å². The number of carbonyl (C=O) groups excluding carboxylic acids is 2. The molecule has 0 N–H and O–H groups in total. The summed E-state index contributed by atoms with van der Waals surface area (Å²) in [7, 11) is 3.01. The molecule has 15 heteroatoms. The van der Waals surface area contributed by atoms with E-state index in [9.17, 15) is 9.59 Å². The van der Waals surface area contributed by atoms with Crippen LogP contribution >= 0.6 is 127 Å². The molecule has 31 heavy (non-hydrogen) atoms. The summed E-state index contributed by atoms with van der Waals surface area (Å²) >= 11 is 24.1. The van der Waals surface area contributed by atoms with E-state index in [1.165, 1.54) is 14.2 Å². The maximum atomic E-state index is 12.7. The Labute approximate surface area is 258 Å². The number of carbonyl (C=O) groups is 2. The van der Waals surface area contributed by atoms with Crippen LogP contribution in [0.25, 0.3) is 0 Å². The van der Waals surface area contributed by atoms with E-state index in [-0.39, 0.29) is 11.1 Å². The van der Waals surface area contributed by atoms with Crippen LogP contribution in [-0.2, 0) is 30.8 Å². The molecule has 6 nitrogen and oxygen atoms in total. The summed E-state index contributed by atoms with van der Waals surface area (Å²) in [5.41, 5.74) is 0.459. The summed E-state index contributed by atoms with van der Waals surface area (Å²) in [6.45, 7) is 0. The first-order valence-electron chi connectivity index (χ1n) is 7.63. The summed E-state index contributed by atoms with van der Waals surface area (Å²) in [5.74, 6) is -0.270. The number of hydrogen-bond donors (Lipinski definition) is 0. The van der Waals surface area contributed by atoms with Gasteiger partial charge in [-0.25, -0.2) is 0 Å². The van der Waals surface area contributed by atoms with E-state index in [4.69, 9.17) is 14.8 Å². The van der Waals surface area contributed by atoms with Gasteiger partial charge >= 0.3 is 262 Å². The van der Waals surface area contributed by atoms with E-state index in [0.717, 1.165) is 0 Å². The van der Waals surface area contributed by atoms with Crippen molar-refractivity contribution in [3.63, 3.8) is 0 Å². The number of methoxy groups -OCH3 is 2. The normalized spacial score (nSPS) is 10.4. The fourth-order valence-electron chi connectivity index (χ4n) is 2.22. The molecule has 2 aromatic rings. The predicted molar refractivity (Wildman–Crippen MR) is 138 cm³/mol. The van der Waals surface area contributed by atoms with Crippen molar-refractivity contribution in [2.24, 2.45) is 0 Å². The second-order valence-corrected chi connectivity index (χ2v) is 14.8. The van der Waals surface area contributed by atoms with E-state index in [0.29, 0.717) is 47.3 Å². The third-order valence-corrected chi connectivity index (χ3v) is 14.9. The Balaban J connectivity index is 2.23. The van der Waals surface area contributed by atoms with Crippen LogP contribution in [0.3, 0.4) is 0 Å². The van der Waals surface area contributed by atoms with Crippen molar-refractivity contribution in [3.05, 3.63) is 46.9 Å². The SMILES string of the molecule is COc1c(Br)c(Br)c(C(=O)[O][Hg][O]C(=O)c2c(Br)c(Br)c(OC)c(Br)c2Br)c(Br)c1Br. The van der Waals surface area contributed by atoms with Gasteiger partial charge in [0.15, 0.2) is 0 Å². The average molecular weight is 1130 g/mol. The first-order chi connectivity index (χ1) is 14.5. The molecular formula is C16H6Br8HgO6. The first kappa shape index (κ1) is 29.0. The Morgan fingerprint density at radius 3 is 1.03 bits per heavy atom. The van der Waals surface area contributed by atoms with E-state index < -0.39 is 37.4 Å². The van der Waals surface area contributed by atoms with E-state index in [1.54, 1.807) is 0 Å². The van der Waals surface area contributed by atoms with Gasteiger partial charge in [-0.05, 0) is 0 Å². The van der Waals surface area contributed by atoms with Crippen molar-refractivity contribution in [1.82, 2.24) is 0 Å². The van der Waals surface area contributed by atoms with Crippen LogP contribution in [-0.4, -0.2) is 26.2 Å². The molecule has 0 spiro atoms. The summed E-state index contributed by atoms with van der Waals surface area (Å²) < 4.78 is 25.3. The molecule has 2 aromatic carbocycles. The Morgan fingerprint density at radius 2 is 0.806 bits per heavy atom. The van der Waals surface area contributed by atoms with Crippen LogP contribution in [0.1, 0.15) is 20.7 Å². The molecule has 0 aromatic heterocycles. The fourth-order valence-corrected chi connectivity index (χ4v) is 9.86. The van der Waals surface area contributed by atoms with Crippen molar-refractivity contribution >= 4 is 139 Å². The number of rotatable bonds is 6. The van der Waals surface area contributed by atoms with Crippen LogP contribution in [0.5, 0.6) is 11.5 Å². The Hall–Kier alpha value is 1.76. The molecule has 0 heterocycles. The molecule has 0 unspecified atom stereocenters. The number of benzene rings is 2. The summed E-state index contributed by atoms with van der Waals surface area (Å²) in [6.07, 6.45) is 0. The monoisotopic (exact) mass is 1130 g/mol. The Kier molecular flexibility index (Phi) is 11.8. The molecule has 0 saturated heterocycles. The fraction of sp³-hybridized carbons (Fsp3) is 0.125. The number of halogens is 8. The van der Waals surface area contributed by atoms with Crippen molar-refractivity contribution < 1.29 is 49.8 Å². The zero-order chi connectivity index (χ0) is 23.6. The second-order valence-electron chi connectivity index (χ2n) is 5.31. The van der Waals surface area contributed by atoms with Gasteiger partial charge in [-0.15, -0.1) is 0 Å². The third-order valence-electron chi connectivity index (χ3n) is 3.64.